The van der Waals surface area contributed by atoms with Crippen LogP contribution in [0.1, 0.15) is 0 Å². The lowest BCUT2D eigenvalue weighted by Crippen LogP contribution is -2.14. The van der Waals surface area contributed by atoms with Crippen LogP contribution < -0.4 is 9.44 Å². The average Bonchev–Trinajstić information content (AvgIpc) is 3.38. The molecule has 0 saturated heterocycles. The Kier molecular flexibility index (Phi) is 5.52. The van der Waals surface area contributed by atoms with Gasteiger partial charge in [0.15, 0.2) is 5.13 Å². The summed E-state index contributed by atoms with van der Waals surface area (Å²) >= 11 is 1.15. The van der Waals surface area contributed by atoms with Crippen LogP contribution in [0, 0.1) is 0 Å². The fourth-order valence-electron chi connectivity index (χ4n) is 2.82. The van der Waals surface area contributed by atoms with Crippen molar-refractivity contribution in [2.45, 2.75) is 9.79 Å². The summed E-state index contributed by atoms with van der Waals surface area (Å²) in [4.78, 5) is 3.89. The molecule has 2 aromatic carbocycles. The Morgan fingerprint density at radius 3 is 2.26 bits per heavy atom. The average molecular weight is 476 g/mol. The topological polar surface area (TPSA) is 123 Å². The molecule has 0 amide bonds. The lowest BCUT2D eigenvalue weighted by Gasteiger charge is -2.10. The molecule has 2 N–H and O–H groups in total. The van der Waals surface area contributed by atoms with Crippen LogP contribution in [-0.4, -0.2) is 31.6 Å². The van der Waals surface area contributed by atoms with Crippen LogP contribution in [0.15, 0.2) is 82.2 Å². The molecule has 0 spiro atoms. The van der Waals surface area contributed by atoms with Crippen molar-refractivity contribution >= 4 is 42.2 Å². The number of rotatable bonds is 7. The number of aromatic nitrogens is 3. The van der Waals surface area contributed by atoms with Crippen molar-refractivity contribution in [2.24, 2.45) is 7.05 Å². The molecule has 0 atom stereocenters. The first kappa shape index (κ1) is 21.0. The third-order valence-electron chi connectivity index (χ3n) is 4.20. The standard InChI is InChI=1S/C19H17N5O4S3/c1-24-13-17(18(21-24)14-5-3-2-4-6-14)31(27,28)22-15-7-9-16(10-8-15)30(25,26)23-19-20-11-12-29-19/h2-13,22H,1H3,(H,20,23). The van der Waals surface area contributed by atoms with E-state index in [4.69, 9.17) is 0 Å². The van der Waals surface area contributed by atoms with Crippen LogP contribution in [0.4, 0.5) is 10.8 Å². The Labute approximate surface area is 183 Å². The molecule has 0 fully saturated rings. The molecule has 0 aliphatic rings. The maximum Gasteiger partial charge on any atom is 0.265 e. The van der Waals surface area contributed by atoms with E-state index in [0.717, 1.165) is 11.3 Å². The van der Waals surface area contributed by atoms with Crippen molar-refractivity contribution in [3.05, 3.63) is 72.4 Å². The van der Waals surface area contributed by atoms with Gasteiger partial charge >= 0.3 is 0 Å². The van der Waals surface area contributed by atoms with Crippen molar-refractivity contribution in [2.75, 3.05) is 9.44 Å². The molecule has 4 rings (SSSR count). The molecule has 0 unspecified atom stereocenters. The van der Waals surface area contributed by atoms with Gasteiger partial charge in [0.1, 0.15) is 10.6 Å². The Morgan fingerprint density at radius 1 is 0.903 bits per heavy atom. The number of hydrogen-bond donors (Lipinski definition) is 2. The van der Waals surface area contributed by atoms with Crippen LogP contribution in [0.3, 0.4) is 0 Å². The highest BCUT2D eigenvalue weighted by Crippen LogP contribution is 2.27. The van der Waals surface area contributed by atoms with Crippen LogP contribution in [0.25, 0.3) is 11.3 Å². The summed E-state index contributed by atoms with van der Waals surface area (Å²) in [6.45, 7) is 0. The Bertz CT molecular complexity index is 1400. The molecule has 0 radical (unpaired) electrons. The highest BCUT2D eigenvalue weighted by molar-refractivity contribution is 7.93. The monoisotopic (exact) mass is 475 g/mol. The van der Waals surface area contributed by atoms with E-state index >= 15 is 0 Å². The molecule has 4 aromatic rings. The fraction of sp³-hybridized carbons (Fsp3) is 0.0526. The molecule has 12 heteroatoms. The first-order valence-electron chi connectivity index (χ1n) is 8.89. The zero-order valence-electron chi connectivity index (χ0n) is 16.1. The number of nitrogens with one attached hydrogen (secondary N) is 2. The highest BCUT2D eigenvalue weighted by atomic mass is 32.2. The number of anilines is 2. The van der Waals surface area contributed by atoms with Gasteiger partial charge in [-0.3, -0.25) is 14.1 Å². The van der Waals surface area contributed by atoms with E-state index < -0.39 is 20.0 Å². The molecule has 2 aromatic heterocycles. The van der Waals surface area contributed by atoms with Gasteiger partial charge in [-0.15, -0.1) is 11.3 Å². The summed E-state index contributed by atoms with van der Waals surface area (Å²) in [6.07, 6.45) is 2.91. The number of aryl methyl sites for hydroxylation is 1. The molecule has 31 heavy (non-hydrogen) atoms. The van der Waals surface area contributed by atoms with Gasteiger partial charge in [-0.2, -0.15) is 5.10 Å². The predicted octanol–water partition coefficient (Wildman–Crippen LogP) is 3.15. The predicted molar refractivity (Wildman–Crippen MR) is 119 cm³/mol. The van der Waals surface area contributed by atoms with E-state index in [1.165, 1.54) is 41.3 Å². The quantitative estimate of drug-likeness (QED) is 0.423. The summed E-state index contributed by atoms with van der Waals surface area (Å²) in [6, 6.07) is 14.4. The maximum atomic E-state index is 13.0. The minimum absolute atomic E-state index is 0.0167. The van der Waals surface area contributed by atoms with Crippen molar-refractivity contribution in [1.82, 2.24) is 14.8 Å². The summed E-state index contributed by atoms with van der Waals surface area (Å²) in [5.74, 6) is 0. The second-order valence-electron chi connectivity index (χ2n) is 6.45. The molecular weight excluding hydrogens is 458 g/mol. The first-order valence-corrected chi connectivity index (χ1v) is 12.7. The third-order valence-corrected chi connectivity index (χ3v) is 7.76. The van der Waals surface area contributed by atoms with Gasteiger partial charge in [0.2, 0.25) is 0 Å². The molecule has 0 saturated carbocycles. The number of thiazole rings is 1. The zero-order chi connectivity index (χ0) is 22.1. The van der Waals surface area contributed by atoms with Crippen molar-refractivity contribution < 1.29 is 16.8 Å². The van der Waals surface area contributed by atoms with Crippen LogP contribution in [-0.2, 0) is 27.1 Å². The maximum absolute atomic E-state index is 13.0. The van der Waals surface area contributed by atoms with E-state index in [-0.39, 0.29) is 20.6 Å². The molecule has 0 aliphatic heterocycles. The highest BCUT2D eigenvalue weighted by Gasteiger charge is 2.24. The van der Waals surface area contributed by atoms with E-state index in [0.29, 0.717) is 11.3 Å². The summed E-state index contributed by atoms with van der Waals surface area (Å²) in [7, 11) is -6.16. The normalized spacial score (nSPS) is 11.9. The van der Waals surface area contributed by atoms with Gasteiger partial charge in [-0.1, -0.05) is 30.3 Å². The van der Waals surface area contributed by atoms with Gasteiger partial charge in [-0.05, 0) is 24.3 Å². The Balaban J connectivity index is 1.59. The summed E-state index contributed by atoms with van der Waals surface area (Å²) in [5, 5.41) is 6.17. The summed E-state index contributed by atoms with van der Waals surface area (Å²) < 4.78 is 57.1. The largest absolute Gasteiger partial charge is 0.280 e. The van der Waals surface area contributed by atoms with Gasteiger partial charge < -0.3 is 0 Å². The van der Waals surface area contributed by atoms with Crippen molar-refractivity contribution in [1.29, 1.82) is 0 Å². The minimum Gasteiger partial charge on any atom is -0.280 e. The van der Waals surface area contributed by atoms with Gasteiger partial charge in [0.25, 0.3) is 20.0 Å². The molecular formula is C19H17N5O4S3. The van der Waals surface area contributed by atoms with Crippen LogP contribution in [0.2, 0.25) is 0 Å². The van der Waals surface area contributed by atoms with Crippen LogP contribution in [0.5, 0.6) is 0 Å². The lowest BCUT2D eigenvalue weighted by atomic mass is 10.2. The van der Waals surface area contributed by atoms with Gasteiger partial charge in [-0.25, -0.2) is 21.8 Å². The third kappa shape index (κ3) is 4.60. The number of benzene rings is 2. The molecule has 9 nitrogen and oxygen atoms in total. The number of sulfonamides is 2. The Morgan fingerprint density at radius 2 is 1.61 bits per heavy atom. The molecule has 2 heterocycles. The second kappa shape index (κ2) is 8.13. The van der Waals surface area contributed by atoms with Crippen molar-refractivity contribution in [3.8, 4) is 11.3 Å². The van der Waals surface area contributed by atoms with E-state index in [9.17, 15) is 16.8 Å². The van der Waals surface area contributed by atoms with Gasteiger partial charge in [0.05, 0.1) is 4.90 Å². The van der Waals surface area contributed by atoms with Gasteiger partial charge in [0, 0.05) is 36.1 Å². The molecule has 0 bridgehead atoms. The van der Waals surface area contributed by atoms with Crippen molar-refractivity contribution in [3.63, 3.8) is 0 Å². The first-order chi connectivity index (χ1) is 14.7. The minimum atomic E-state index is -3.97. The van der Waals surface area contributed by atoms with E-state index in [1.807, 2.05) is 6.07 Å². The SMILES string of the molecule is Cn1cc(S(=O)(=O)Nc2ccc(S(=O)(=O)Nc3nccs3)cc2)c(-c2ccccc2)n1. The zero-order valence-corrected chi connectivity index (χ0v) is 18.6. The summed E-state index contributed by atoms with van der Waals surface area (Å²) in [5.41, 5.74) is 1.21. The molecule has 160 valence electrons. The van der Waals surface area contributed by atoms with E-state index in [2.05, 4.69) is 19.5 Å². The Hall–Kier alpha value is -3.22. The number of hydrogen-bond acceptors (Lipinski definition) is 7. The van der Waals surface area contributed by atoms with E-state index in [1.54, 1.807) is 36.7 Å². The molecule has 0 aliphatic carbocycles. The second-order valence-corrected chi connectivity index (χ2v) is 10.7. The lowest BCUT2D eigenvalue weighted by molar-refractivity contribution is 0.600. The smallest absolute Gasteiger partial charge is 0.265 e. The number of nitrogens with zero attached hydrogens (tertiary/aromatic N) is 3. The van der Waals surface area contributed by atoms with Crippen LogP contribution >= 0.6 is 11.3 Å². The fourth-order valence-corrected chi connectivity index (χ4v) is 5.87.